The van der Waals surface area contributed by atoms with E-state index in [2.05, 4.69) is 5.32 Å². The van der Waals surface area contributed by atoms with Crippen LogP contribution in [-0.4, -0.2) is 24.9 Å². The number of amides is 2. The molecule has 0 atom stereocenters. The van der Waals surface area contributed by atoms with Crippen LogP contribution in [0, 0.1) is 11.3 Å². The Labute approximate surface area is 155 Å². The second-order valence-electron chi connectivity index (χ2n) is 5.21. The molecule has 2 amide bonds. The van der Waals surface area contributed by atoms with Gasteiger partial charge < -0.3 is 10.2 Å². The topological polar surface area (TPSA) is 73.2 Å². The minimum Gasteiger partial charge on any atom is -0.350 e. The summed E-state index contributed by atoms with van der Waals surface area (Å²) in [6.07, 6.45) is 0. The van der Waals surface area contributed by atoms with Gasteiger partial charge >= 0.3 is 0 Å². The molecule has 7 heteroatoms. The van der Waals surface area contributed by atoms with Gasteiger partial charge in [0.2, 0.25) is 5.91 Å². The van der Waals surface area contributed by atoms with Crippen LogP contribution in [0.1, 0.15) is 22.8 Å². The fourth-order valence-corrected chi connectivity index (χ4v) is 2.50. The van der Waals surface area contributed by atoms with Crippen LogP contribution in [-0.2, 0) is 4.79 Å². The van der Waals surface area contributed by atoms with Crippen LogP contribution in [0.5, 0.6) is 0 Å². The third-order valence-electron chi connectivity index (χ3n) is 3.49. The van der Waals surface area contributed by atoms with Gasteiger partial charge in [0.1, 0.15) is 0 Å². The number of nitriles is 1. The molecule has 5 nitrogen and oxygen atoms in total. The number of benzene rings is 2. The third kappa shape index (κ3) is 4.96. The smallest absolute Gasteiger partial charge is 0.251 e. The Balaban J connectivity index is 1.99. The highest BCUT2D eigenvalue weighted by Crippen LogP contribution is 2.22. The average Bonchev–Trinajstić information content (AvgIpc) is 2.60. The molecule has 0 radical (unpaired) electrons. The van der Waals surface area contributed by atoms with Crippen molar-refractivity contribution in [3.8, 4) is 6.07 Å². The molecule has 1 N–H and O–H groups in total. The van der Waals surface area contributed by atoms with Gasteiger partial charge in [-0.05, 0) is 42.5 Å². The number of hydrogen-bond acceptors (Lipinski definition) is 3. The Morgan fingerprint density at radius 3 is 2.36 bits per heavy atom. The lowest BCUT2D eigenvalue weighted by Gasteiger charge is -2.21. The van der Waals surface area contributed by atoms with Crippen molar-refractivity contribution >= 4 is 40.7 Å². The summed E-state index contributed by atoms with van der Waals surface area (Å²) >= 11 is 11.7. The molecule has 0 spiro atoms. The molecule has 0 fully saturated rings. The first kappa shape index (κ1) is 18.8. The zero-order valence-corrected chi connectivity index (χ0v) is 14.9. The first-order chi connectivity index (χ1) is 11.9. The first-order valence-electron chi connectivity index (χ1n) is 7.44. The van der Waals surface area contributed by atoms with E-state index in [1.54, 1.807) is 36.4 Å². The van der Waals surface area contributed by atoms with Crippen molar-refractivity contribution in [3.63, 3.8) is 0 Å². The lowest BCUT2D eigenvalue weighted by atomic mass is 10.2. The number of nitrogens with zero attached hydrogens (tertiary/aromatic N) is 2. The van der Waals surface area contributed by atoms with Gasteiger partial charge in [0, 0.05) is 31.3 Å². The van der Waals surface area contributed by atoms with Gasteiger partial charge in [0.25, 0.3) is 5.91 Å². The predicted molar refractivity (Wildman–Crippen MR) is 98.0 cm³/mol. The fraction of sp³-hybridized carbons (Fsp3) is 0.167. The minimum atomic E-state index is -0.304. The molecule has 0 saturated carbocycles. The van der Waals surface area contributed by atoms with E-state index in [1.165, 1.54) is 17.9 Å². The van der Waals surface area contributed by atoms with Gasteiger partial charge in [-0.25, -0.2) is 0 Å². The summed E-state index contributed by atoms with van der Waals surface area (Å²) in [5, 5.41) is 12.2. The van der Waals surface area contributed by atoms with E-state index in [0.29, 0.717) is 33.4 Å². The van der Waals surface area contributed by atoms with Crippen LogP contribution in [0.4, 0.5) is 5.69 Å². The van der Waals surface area contributed by atoms with Crippen LogP contribution in [0.15, 0.2) is 42.5 Å². The Bertz CT molecular complexity index is 829. The second-order valence-corrected chi connectivity index (χ2v) is 6.03. The lowest BCUT2D eigenvalue weighted by molar-refractivity contribution is -0.116. The summed E-state index contributed by atoms with van der Waals surface area (Å²) in [6, 6.07) is 13.3. The maximum Gasteiger partial charge on any atom is 0.251 e. The second kappa shape index (κ2) is 8.52. The number of nitrogens with one attached hydrogen (secondary N) is 1. The lowest BCUT2D eigenvalue weighted by Crippen LogP contribution is -2.37. The number of carbonyl (C=O) groups excluding carboxylic acids is 2. The molecular weight excluding hydrogens is 361 g/mol. The van der Waals surface area contributed by atoms with Crippen molar-refractivity contribution in [3.05, 3.63) is 63.6 Å². The van der Waals surface area contributed by atoms with E-state index in [0.717, 1.165) is 0 Å². The third-order valence-corrected chi connectivity index (χ3v) is 4.23. The minimum absolute atomic E-state index is 0.159. The SMILES string of the molecule is CC(=O)N(CCNC(=O)c1ccc(Cl)c(Cl)c1)c1ccc(C#N)cc1. The van der Waals surface area contributed by atoms with Crippen molar-refractivity contribution in [2.45, 2.75) is 6.92 Å². The molecule has 0 heterocycles. The van der Waals surface area contributed by atoms with Crippen LogP contribution < -0.4 is 10.2 Å². The van der Waals surface area contributed by atoms with E-state index < -0.39 is 0 Å². The maximum absolute atomic E-state index is 12.1. The van der Waals surface area contributed by atoms with E-state index in [1.807, 2.05) is 6.07 Å². The molecular formula is C18H15Cl2N3O2. The molecule has 0 aliphatic rings. The normalized spacial score (nSPS) is 10.0. The Hall–Kier alpha value is -2.55. The fourth-order valence-electron chi connectivity index (χ4n) is 2.20. The number of carbonyl (C=O) groups is 2. The molecule has 25 heavy (non-hydrogen) atoms. The van der Waals surface area contributed by atoms with Gasteiger partial charge in [0.05, 0.1) is 21.7 Å². The zero-order chi connectivity index (χ0) is 18.4. The molecule has 0 aromatic heterocycles. The van der Waals surface area contributed by atoms with Crippen LogP contribution in [0.2, 0.25) is 10.0 Å². The number of halogens is 2. The Morgan fingerprint density at radius 2 is 1.80 bits per heavy atom. The van der Waals surface area contributed by atoms with Gasteiger partial charge in [-0.3, -0.25) is 9.59 Å². The molecule has 2 aromatic carbocycles. The Kier molecular flexibility index (Phi) is 6.40. The van der Waals surface area contributed by atoms with Gasteiger partial charge in [0.15, 0.2) is 0 Å². The number of anilines is 1. The zero-order valence-electron chi connectivity index (χ0n) is 13.4. The van der Waals surface area contributed by atoms with Gasteiger partial charge in [-0.15, -0.1) is 0 Å². The monoisotopic (exact) mass is 375 g/mol. The first-order valence-corrected chi connectivity index (χ1v) is 8.19. The molecule has 0 saturated heterocycles. The summed E-state index contributed by atoms with van der Waals surface area (Å²) in [7, 11) is 0. The standard InChI is InChI=1S/C18H15Cl2N3O2/c1-12(24)23(15-5-2-13(11-21)3-6-15)9-8-22-18(25)14-4-7-16(19)17(20)10-14/h2-7,10H,8-9H2,1H3,(H,22,25). The number of rotatable bonds is 5. The van der Waals surface area contributed by atoms with Crippen molar-refractivity contribution in [2.24, 2.45) is 0 Å². The summed E-state index contributed by atoms with van der Waals surface area (Å²) in [6.45, 7) is 2.01. The van der Waals surface area contributed by atoms with Crippen LogP contribution >= 0.6 is 23.2 Å². The highest BCUT2D eigenvalue weighted by molar-refractivity contribution is 6.42. The van der Waals surface area contributed by atoms with Crippen LogP contribution in [0.3, 0.4) is 0 Å². The van der Waals surface area contributed by atoms with Crippen molar-refractivity contribution in [1.82, 2.24) is 5.32 Å². The van der Waals surface area contributed by atoms with Crippen LogP contribution in [0.25, 0.3) is 0 Å². The molecule has 0 aliphatic heterocycles. The molecule has 2 rings (SSSR count). The highest BCUT2D eigenvalue weighted by Gasteiger charge is 2.13. The molecule has 2 aromatic rings. The summed E-state index contributed by atoms with van der Waals surface area (Å²) in [4.78, 5) is 25.5. The largest absolute Gasteiger partial charge is 0.350 e. The summed E-state index contributed by atoms with van der Waals surface area (Å²) < 4.78 is 0. The van der Waals surface area contributed by atoms with E-state index >= 15 is 0 Å². The average molecular weight is 376 g/mol. The molecule has 0 bridgehead atoms. The van der Waals surface area contributed by atoms with E-state index in [9.17, 15) is 9.59 Å². The van der Waals surface area contributed by atoms with Crippen molar-refractivity contribution < 1.29 is 9.59 Å². The molecule has 0 aliphatic carbocycles. The van der Waals surface area contributed by atoms with Crippen molar-refractivity contribution in [1.29, 1.82) is 5.26 Å². The summed E-state index contributed by atoms with van der Waals surface area (Å²) in [5.74, 6) is -0.463. The quantitative estimate of drug-likeness (QED) is 0.866. The van der Waals surface area contributed by atoms with Gasteiger partial charge in [-0.1, -0.05) is 23.2 Å². The maximum atomic E-state index is 12.1. The molecule has 128 valence electrons. The predicted octanol–water partition coefficient (Wildman–Crippen LogP) is 3.65. The molecule has 0 unspecified atom stereocenters. The van der Waals surface area contributed by atoms with E-state index in [-0.39, 0.29) is 18.4 Å². The number of hydrogen-bond donors (Lipinski definition) is 1. The van der Waals surface area contributed by atoms with Gasteiger partial charge in [-0.2, -0.15) is 5.26 Å². The summed E-state index contributed by atoms with van der Waals surface area (Å²) in [5.41, 5.74) is 1.57. The Morgan fingerprint density at radius 1 is 1.12 bits per heavy atom. The highest BCUT2D eigenvalue weighted by atomic mass is 35.5. The van der Waals surface area contributed by atoms with E-state index in [4.69, 9.17) is 28.5 Å². The van der Waals surface area contributed by atoms with Crippen molar-refractivity contribution in [2.75, 3.05) is 18.0 Å².